The summed E-state index contributed by atoms with van der Waals surface area (Å²) in [6.45, 7) is 0.0357. The van der Waals surface area contributed by atoms with E-state index in [0.717, 1.165) is 5.56 Å². The molecule has 0 unspecified atom stereocenters. The number of nitrogens with zero attached hydrogens (tertiary/aromatic N) is 1. The summed E-state index contributed by atoms with van der Waals surface area (Å²) in [6.07, 6.45) is 1.60. The normalized spacial score (nSPS) is 10.0. The van der Waals surface area contributed by atoms with E-state index in [1.165, 1.54) is 40.6 Å². The van der Waals surface area contributed by atoms with Gasteiger partial charge < -0.3 is 29.6 Å². The molecule has 0 saturated heterocycles. The summed E-state index contributed by atoms with van der Waals surface area (Å²) in [5, 5.41) is 5.25. The topological polar surface area (TPSA) is 108 Å². The van der Waals surface area contributed by atoms with Crippen LogP contribution >= 0.6 is 0 Å². The second-order valence-electron chi connectivity index (χ2n) is 5.55. The summed E-state index contributed by atoms with van der Waals surface area (Å²) in [6, 6.07) is 6.56. The quantitative estimate of drug-likeness (QED) is 0.663. The zero-order chi connectivity index (χ0) is 20.5. The van der Waals surface area contributed by atoms with Gasteiger partial charge in [0.05, 0.1) is 35.0 Å². The summed E-state index contributed by atoms with van der Waals surface area (Å²) in [7, 11) is 5.89. The molecule has 0 bridgehead atoms. The largest absolute Gasteiger partial charge is 0.493 e. The van der Waals surface area contributed by atoms with Crippen LogP contribution in [0.3, 0.4) is 0 Å². The molecule has 0 aliphatic heterocycles. The predicted octanol–water partition coefficient (Wildman–Crippen LogP) is 1.16. The molecule has 2 N–H and O–H groups in total. The van der Waals surface area contributed by atoms with Crippen molar-refractivity contribution in [2.24, 2.45) is 0 Å². The van der Waals surface area contributed by atoms with E-state index in [0.29, 0.717) is 23.1 Å². The van der Waals surface area contributed by atoms with Crippen molar-refractivity contribution in [2.75, 3.05) is 35.0 Å². The fourth-order valence-corrected chi connectivity index (χ4v) is 2.47. The molecule has 2 rings (SSSR count). The van der Waals surface area contributed by atoms with Gasteiger partial charge >= 0.3 is 0 Å². The first-order valence-corrected chi connectivity index (χ1v) is 8.36. The lowest BCUT2D eigenvalue weighted by atomic mass is 10.1. The maximum Gasteiger partial charge on any atom is 0.251 e. The number of rotatable bonds is 9. The van der Waals surface area contributed by atoms with Crippen LogP contribution in [0.25, 0.3) is 0 Å². The van der Waals surface area contributed by atoms with E-state index < -0.39 is 5.91 Å². The number of ether oxygens (including phenoxy) is 4. The van der Waals surface area contributed by atoms with Crippen molar-refractivity contribution in [3.63, 3.8) is 0 Å². The Morgan fingerprint density at radius 3 is 2.21 bits per heavy atom. The molecule has 28 heavy (non-hydrogen) atoms. The van der Waals surface area contributed by atoms with Crippen LogP contribution in [0, 0.1) is 0 Å². The number of aromatic nitrogens is 1. The maximum absolute atomic E-state index is 12.4. The second-order valence-corrected chi connectivity index (χ2v) is 5.55. The van der Waals surface area contributed by atoms with E-state index in [9.17, 15) is 9.59 Å². The van der Waals surface area contributed by atoms with E-state index in [1.54, 1.807) is 18.3 Å². The first kappa shape index (κ1) is 20.8. The molecular weight excluding hydrogens is 366 g/mol. The first-order chi connectivity index (χ1) is 13.5. The summed E-state index contributed by atoms with van der Waals surface area (Å²) in [4.78, 5) is 28.5. The smallest absolute Gasteiger partial charge is 0.251 e. The molecule has 9 heteroatoms. The average Bonchev–Trinajstić information content (AvgIpc) is 2.74. The lowest BCUT2D eigenvalue weighted by Crippen LogP contribution is -2.36. The van der Waals surface area contributed by atoms with Crippen LogP contribution in [0.5, 0.6) is 23.1 Å². The average molecular weight is 389 g/mol. The monoisotopic (exact) mass is 389 g/mol. The van der Waals surface area contributed by atoms with Crippen LogP contribution in [-0.2, 0) is 11.3 Å². The molecule has 0 atom stereocenters. The highest BCUT2D eigenvalue weighted by Crippen LogP contribution is 2.38. The molecule has 2 aromatic rings. The van der Waals surface area contributed by atoms with Gasteiger partial charge in [0.2, 0.25) is 17.5 Å². The Labute approximate surface area is 163 Å². The molecule has 0 radical (unpaired) electrons. The number of nitrogens with one attached hydrogen (secondary N) is 2. The van der Waals surface area contributed by atoms with Gasteiger partial charge in [-0.25, -0.2) is 4.98 Å². The second kappa shape index (κ2) is 10.0. The van der Waals surface area contributed by atoms with Gasteiger partial charge in [-0.05, 0) is 18.2 Å². The molecule has 0 spiro atoms. The molecule has 1 aromatic heterocycles. The zero-order valence-electron chi connectivity index (χ0n) is 16.2. The molecule has 1 heterocycles. The Balaban J connectivity index is 1.97. The molecule has 9 nitrogen and oxygen atoms in total. The SMILES string of the molecule is COc1cc(C(=O)NCC(=O)NCc2cccnc2OC)cc(OC)c1OC. The lowest BCUT2D eigenvalue weighted by molar-refractivity contribution is -0.120. The van der Waals surface area contributed by atoms with Crippen LogP contribution < -0.4 is 29.6 Å². The van der Waals surface area contributed by atoms with Crippen LogP contribution in [0.15, 0.2) is 30.5 Å². The third-order valence-corrected chi connectivity index (χ3v) is 3.86. The fraction of sp³-hybridized carbons (Fsp3) is 0.316. The highest BCUT2D eigenvalue weighted by Gasteiger charge is 2.17. The van der Waals surface area contributed by atoms with Crippen molar-refractivity contribution in [1.29, 1.82) is 0 Å². The van der Waals surface area contributed by atoms with Crippen molar-refractivity contribution in [1.82, 2.24) is 15.6 Å². The van der Waals surface area contributed by atoms with Crippen molar-refractivity contribution in [3.05, 3.63) is 41.6 Å². The molecule has 2 amide bonds. The minimum absolute atomic E-state index is 0.196. The van der Waals surface area contributed by atoms with Gasteiger partial charge in [-0.15, -0.1) is 0 Å². The fourth-order valence-electron chi connectivity index (χ4n) is 2.47. The highest BCUT2D eigenvalue weighted by atomic mass is 16.5. The molecule has 0 saturated carbocycles. The predicted molar refractivity (Wildman–Crippen MR) is 101 cm³/mol. The summed E-state index contributed by atoms with van der Waals surface area (Å²) < 4.78 is 20.8. The molecule has 150 valence electrons. The molecule has 0 aliphatic rings. The Morgan fingerprint density at radius 2 is 1.64 bits per heavy atom. The highest BCUT2D eigenvalue weighted by molar-refractivity contribution is 5.97. The van der Waals surface area contributed by atoms with E-state index >= 15 is 0 Å². The molecular formula is C19H23N3O6. The van der Waals surface area contributed by atoms with E-state index in [-0.39, 0.29) is 24.6 Å². The van der Waals surface area contributed by atoms with Gasteiger partial charge in [-0.2, -0.15) is 0 Å². The number of benzene rings is 1. The van der Waals surface area contributed by atoms with Gasteiger partial charge in [0.25, 0.3) is 5.91 Å². The van der Waals surface area contributed by atoms with Gasteiger partial charge in [0.1, 0.15) is 0 Å². The first-order valence-electron chi connectivity index (χ1n) is 8.36. The van der Waals surface area contributed by atoms with E-state index in [4.69, 9.17) is 18.9 Å². The Kier molecular flexibility index (Phi) is 7.44. The number of carbonyl (C=O) groups excluding carboxylic acids is 2. The molecule has 1 aromatic carbocycles. The Bertz CT molecular complexity index is 815. The summed E-state index contributed by atoms with van der Waals surface area (Å²) in [5.74, 6) is 0.703. The van der Waals surface area contributed by atoms with Gasteiger partial charge in [-0.3, -0.25) is 9.59 Å². The minimum atomic E-state index is -0.451. The lowest BCUT2D eigenvalue weighted by Gasteiger charge is -2.14. The summed E-state index contributed by atoms with van der Waals surface area (Å²) in [5.41, 5.74) is 1.01. The van der Waals surface area contributed by atoms with Crippen LogP contribution in [-0.4, -0.2) is 51.8 Å². The zero-order valence-corrected chi connectivity index (χ0v) is 16.2. The number of hydrogen-bond donors (Lipinski definition) is 2. The standard InChI is InChI=1S/C19H23N3O6/c1-25-14-8-13(9-15(26-2)17(14)27-3)18(24)22-11-16(23)21-10-12-6-5-7-20-19(12)28-4/h5-9H,10-11H2,1-4H3,(H,21,23)(H,22,24). The number of hydrogen-bond acceptors (Lipinski definition) is 7. The summed E-state index contributed by atoms with van der Waals surface area (Å²) >= 11 is 0. The van der Waals surface area contributed by atoms with Crippen LogP contribution in [0.1, 0.15) is 15.9 Å². The van der Waals surface area contributed by atoms with Crippen molar-refractivity contribution < 1.29 is 28.5 Å². The maximum atomic E-state index is 12.4. The van der Waals surface area contributed by atoms with Crippen LogP contribution in [0.4, 0.5) is 0 Å². The van der Waals surface area contributed by atoms with Crippen molar-refractivity contribution in [2.45, 2.75) is 6.54 Å². The third kappa shape index (κ3) is 5.03. The minimum Gasteiger partial charge on any atom is -0.493 e. The van der Waals surface area contributed by atoms with Crippen LogP contribution in [0.2, 0.25) is 0 Å². The molecule has 0 fully saturated rings. The van der Waals surface area contributed by atoms with Gasteiger partial charge in [0.15, 0.2) is 11.5 Å². The van der Waals surface area contributed by atoms with E-state index in [2.05, 4.69) is 15.6 Å². The van der Waals surface area contributed by atoms with E-state index in [1.807, 2.05) is 0 Å². The van der Waals surface area contributed by atoms with Crippen molar-refractivity contribution in [3.8, 4) is 23.1 Å². The van der Waals surface area contributed by atoms with Crippen molar-refractivity contribution >= 4 is 11.8 Å². The third-order valence-electron chi connectivity index (χ3n) is 3.86. The number of carbonyl (C=O) groups is 2. The van der Waals surface area contributed by atoms with Gasteiger partial charge in [-0.1, -0.05) is 6.07 Å². The molecule has 0 aliphatic carbocycles. The number of amides is 2. The Morgan fingerprint density at radius 1 is 0.964 bits per heavy atom. The Hall–Kier alpha value is -3.49. The number of pyridine rings is 1. The van der Waals surface area contributed by atoms with Gasteiger partial charge in [0, 0.05) is 23.9 Å². The number of methoxy groups -OCH3 is 4.